The molecule has 3 rings (SSSR count). The average molecular weight is 518 g/mol. The van der Waals surface area contributed by atoms with Gasteiger partial charge in [-0.2, -0.15) is 0 Å². The first-order valence-electron chi connectivity index (χ1n) is 8.61. The molecule has 0 atom stereocenters. The van der Waals surface area contributed by atoms with Crippen molar-refractivity contribution in [3.8, 4) is 29.1 Å². The SMILES string of the molecule is [C-]#[N+]C1=C(\C#N)N=Cc2ccc(OC)cc2[O][Ge]([Cl])([Cl])[O]c2cc(OC)ccc2\C=N\1. The van der Waals surface area contributed by atoms with Gasteiger partial charge in [0.1, 0.15) is 0 Å². The van der Waals surface area contributed by atoms with Crippen molar-refractivity contribution in [3.05, 3.63) is 70.5 Å². The standard InChI is InChI=1S/C20H14Cl2GeN4O4/c1-25-20-17(10-24)26-11-13-4-6-15(28-2)8-18(13)30-23(21,22)31-19-9-16(29-3)7-5-14(19)12-27-20/h4-9,11-12H,2-3H3/b20-17-,26-11?,27-12+. The van der Waals surface area contributed by atoms with Crippen molar-refractivity contribution < 1.29 is 17.0 Å². The summed E-state index contributed by atoms with van der Waals surface area (Å²) in [7, 11) is 16.0. The fourth-order valence-electron chi connectivity index (χ4n) is 2.49. The molecule has 0 amide bonds. The topological polar surface area (TPSA) is 89.8 Å². The van der Waals surface area contributed by atoms with Crippen LogP contribution in [-0.4, -0.2) is 38.7 Å². The number of nitrogens with zero attached hydrogens (tertiary/aromatic N) is 4. The zero-order valence-corrected chi connectivity index (χ0v) is 19.9. The Kier molecular flexibility index (Phi) is 7.08. The minimum absolute atomic E-state index is 0.173. The zero-order valence-electron chi connectivity index (χ0n) is 16.3. The van der Waals surface area contributed by atoms with Crippen LogP contribution in [0.4, 0.5) is 0 Å². The van der Waals surface area contributed by atoms with E-state index in [-0.39, 0.29) is 23.0 Å². The summed E-state index contributed by atoms with van der Waals surface area (Å²) in [5.41, 5.74) is 0.730. The minimum atomic E-state index is -4.42. The van der Waals surface area contributed by atoms with Gasteiger partial charge in [-0.1, -0.05) is 0 Å². The molecule has 0 fully saturated rings. The van der Waals surface area contributed by atoms with E-state index in [2.05, 4.69) is 14.8 Å². The molecule has 2 aromatic rings. The molecule has 8 nitrogen and oxygen atoms in total. The molecule has 0 N–H and O–H groups in total. The molecule has 0 aliphatic carbocycles. The van der Waals surface area contributed by atoms with Gasteiger partial charge >= 0.3 is 191 Å². The van der Waals surface area contributed by atoms with Crippen molar-refractivity contribution >= 4 is 44.5 Å². The Balaban J connectivity index is 2.24. The van der Waals surface area contributed by atoms with Crippen LogP contribution in [0.2, 0.25) is 0 Å². The molecule has 1 aliphatic rings. The molecule has 0 unspecified atom stereocenters. The summed E-state index contributed by atoms with van der Waals surface area (Å²) in [6, 6.07) is 11.7. The number of ether oxygens (including phenoxy) is 2. The molecule has 11 heteroatoms. The molecule has 0 saturated carbocycles. The summed E-state index contributed by atoms with van der Waals surface area (Å²) in [4.78, 5) is 11.5. The van der Waals surface area contributed by atoms with E-state index < -0.39 is 12.1 Å². The first-order chi connectivity index (χ1) is 14.9. The Morgan fingerprint density at radius 2 is 1.48 bits per heavy atom. The van der Waals surface area contributed by atoms with Crippen LogP contribution >= 0.6 is 20.0 Å². The van der Waals surface area contributed by atoms with E-state index in [1.165, 1.54) is 26.6 Å². The third-order valence-electron chi connectivity index (χ3n) is 3.98. The van der Waals surface area contributed by atoms with Crippen molar-refractivity contribution in [3.63, 3.8) is 0 Å². The van der Waals surface area contributed by atoms with Crippen LogP contribution in [-0.2, 0) is 0 Å². The van der Waals surface area contributed by atoms with Gasteiger partial charge < -0.3 is 0 Å². The van der Waals surface area contributed by atoms with Gasteiger partial charge in [0.15, 0.2) is 0 Å². The number of rotatable bonds is 2. The van der Waals surface area contributed by atoms with Crippen molar-refractivity contribution in [2.75, 3.05) is 14.2 Å². The maximum absolute atomic E-state index is 9.47. The first-order valence-corrected chi connectivity index (χ1v) is 15.8. The predicted octanol–water partition coefficient (Wildman–Crippen LogP) is 4.54. The third-order valence-corrected chi connectivity index (χ3v) is 7.50. The monoisotopic (exact) mass is 518 g/mol. The summed E-state index contributed by atoms with van der Waals surface area (Å²) >= 11 is -4.42. The molecule has 1 aliphatic heterocycles. The summed E-state index contributed by atoms with van der Waals surface area (Å²) in [6.45, 7) is 7.38. The Bertz CT molecular complexity index is 1090. The van der Waals surface area contributed by atoms with Gasteiger partial charge in [0, 0.05) is 0 Å². The molecular formula is C20H14Cl2GeN4O4. The molecule has 1 heterocycles. The van der Waals surface area contributed by atoms with Gasteiger partial charge in [-0.25, -0.2) is 0 Å². The average Bonchev–Trinajstić information content (AvgIpc) is 2.76. The fourth-order valence-corrected chi connectivity index (χ4v) is 6.13. The van der Waals surface area contributed by atoms with Gasteiger partial charge in [-0.05, 0) is 0 Å². The van der Waals surface area contributed by atoms with E-state index in [1.54, 1.807) is 36.4 Å². The first kappa shape index (κ1) is 22.5. The number of halogens is 2. The van der Waals surface area contributed by atoms with E-state index in [0.717, 1.165) is 0 Å². The van der Waals surface area contributed by atoms with Gasteiger partial charge in [-0.3, -0.25) is 0 Å². The van der Waals surface area contributed by atoms with Gasteiger partial charge in [0.05, 0.1) is 0 Å². The number of fused-ring (bicyclic) bond motifs is 2. The molecule has 0 bridgehead atoms. The zero-order chi connectivity index (χ0) is 22.4. The van der Waals surface area contributed by atoms with E-state index in [4.69, 9.17) is 43.6 Å². The summed E-state index contributed by atoms with van der Waals surface area (Å²) in [5, 5.41) is 9.47. The van der Waals surface area contributed by atoms with Crippen LogP contribution in [0.25, 0.3) is 4.85 Å². The summed E-state index contributed by atoms with van der Waals surface area (Å²) < 4.78 is 22.2. The number of allylic oxidation sites excluding steroid dienone is 1. The molecule has 0 saturated heterocycles. The number of hydrogen-bond acceptors (Lipinski definition) is 7. The Labute approximate surface area is 190 Å². The third kappa shape index (κ3) is 5.50. The van der Waals surface area contributed by atoms with Crippen LogP contribution in [0.3, 0.4) is 0 Å². The number of aliphatic imine (C=N–C) groups is 2. The predicted molar refractivity (Wildman–Crippen MR) is 119 cm³/mol. The van der Waals surface area contributed by atoms with E-state index in [9.17, 15) is 5.26 Å². The summed E-state index contributed by atoms with van der Waals surface area (Å²) in [6.07, 6.45) is 2.71. The molecule has 0 radical (unpaired) electrons. The van der Waals surface area contributed by atoms with Crippen LogP contribution in [0.1, 0.15) is 11.1 Å². The van der Waals surface area contributed by atoms with Gasteiger partial charge in [0.25, 0.3) is 0 Å². The number of methoxy groups -OCH3 is 2. The van der Waals surface area contributed by atoms with Crippen LogP contribution < -0.4 is 17.0 Å². The Morgan fingerprint density at radius 3 is 1.94 bits per heavy atom. The van der Waals surface area contributed by atoms with E-state index >= 15 is 0 Å². The quantitative estimate of drug-likeness (QED) is 0.431. The number of nitriles is 1. The molecule has 31 heavy (non-hydrogen) atoms. The van der Waals surface area contributed by atoms with Gasteiger partial charge in [-0.15, -0.1) is 0 Å². The number of hydrogen-bond donors (Lipinski definition) is 0. The molecule has 156 valence electrons. The van der Waals surface area contributed by atoms with Crippen LogP contribution in [0.5, 0.6) is 23.0 Å². The second-order valence-electron chi connectivity index (χ2n) is 5.89. The van der Waals surface area contributed by atoms with Gasteiger partial charge in [0.2, 0.25) is 0 Å². The van der Waals surface area contributed by atoms with Crippen molar-refractivity contribution in [1.29, 1.82) is 5.26 Å². The fraction of sp³-hybridized carbons (Fsp3) is 0.100. The summed E-state index contributed by atoms with van der Waals surface area (Å²) in [5.74, 6) is 1.29. The Morgan fingerprint density at radius 1 is 0.968 bits per heavy atom. The van der Waals surface area contributed by atoms with E-state index in [0.29, 0.717) is 22.6 Å². The molecular weight excluding hydrogens is 504 g/mol. The van der Waals surface area contributed by atoms with Crippen molar-refractivity contribution in [2.24, 2.45) is 9.98 Å². The van der Waals surface area contributed by atoms with Crippen molar-refractivity contribution in [2.45, 2.75) is 0 Å². The number of benzene rings is 2. The Hall–Kier alpha value is -3.18. The molecule has 0 spiro atoms. The van der Waals surface area contributed by atoms with Crippen molar-refractivity contribution in [1.82, 2.24) is 0 Å². The van der Waals surface area contributed by atoms with Crippen LogP contribution in [0, 0.1) is 17.9 Å². The normalized spacial score (nSPS) is 18.1. The maximum atomic E-state index is 9.47. The van der Waals surface area contributed by atoms with Crippen LogP contribution in [0.15, 0.2) is 57.9 Å². The van der Waals surface area contributed by atoms with E-state index in [1.807, 2.05) is 6.07 Å². The molecule has 2 aromatic carbocycles. The molecule has 0 aromatic heterocycles. The second-order valence-corrected chi connectivity index (χ2v) is 14.9. The second kappa shape index (κ2) is 9.75.